The van der Waals surface area contributed by atoms with Gasteiger partial charge < -0.3 is 5.11 Å². The molecule has 0 unspecified atom stereocenters. The number of aromatic nitrogens is 2. The van der Waals surface area contributed by atoms with E-state index in [1.54, 1.807) is 43.3 Å². The molecule has 0 spiro atoms. The average Bonchev–Trinajstić information content (AvgIpc) is 2.28. The molecule has 0 saturated carbocycles. The van der Waals surface area contributed by atoms with Crippen LogP contribution >= 0.6 is 11.6 Å². The van der Waals surface area contributed by atoms with Crippen LogP contribution in [0, 0.1) is 6.92 Å². The third-order valence-electron chi connectivity index (χ3n) is 2.22. The molecule has 0 aliphatic carbocycles. The summed E-state index contributed by atoms with van der Waals surface area (Å²) >= 11 is 5.82. The van der Waals surface area contributed by atoms with Gasteiger partial charge in [-0.05, 0) is 25.1 Å². The van der Waals surface area contributed by atoms with Gasteiger partial charge in [-0.25, -0.2) is 19.7 Å². The Morgan fingerprint density at radius 1 is 1.28 bits per heavy atom. The van der Waals surface area contributed by atoms with Crippen molar-refractivity contribution < 1.29 is 9.90 Å². The number of benzene rings is 1. The molecular formula is C12H10ClN3O2. The lowest BCUT2D eigenvalue weighted by molar-refractivity contribution is 0.204. The number of amides is 1. The molecule has 18 heavy (non-hydrogen) atoms. The molecule has 1 N–H and O–H groups in total. The second-order valence-electron chi connectivity index (χ2n) is 3.59. The maximum Gasteiger partial charge on any atom is 0.418 e. The van der Waals surface area contributed by atoms with Crippen LogP contribution in [0.1, 0.15) is 5.69 Å². The first kappa shape index (κ1) is 12.3. The molecule has 2 rings (SSSR count). The molecule has 0 bridgehead atoms. The van der Waals surface area contributed by atoms with Crippen LogP contribution in [0.2, 0.25) is 5.15 Å². The lowest BCUT2D eigenvalue weighted by Gasteiger charge is -2.17. The Labute approximate surface area is 109 Å². The summed E-state index contributed by atoms with van der Waals surface area (Å²) in [5, 5.41) is 9.47. The van der Waals surface area contributed by atoms with Crippen molar-refractivity contribution in [3.63, 3.8) is 0 Å². The number of rotatable bonds is 2. The Bertz CT molecular complexity index is 555. The van der Waals surface area contributed by atoms with Crippen LogP contribution in [0.5, 0.6) is 0 Å². The highest BCUT2D eigenvalue weighted by atomic mass is 35.5. The van der Waals surface area contributed by atoms with E-state index in [4.69, 9.17) is 11.6 Å². The second-order valence-corrected chi connectivity index (χ2v) is 3.97. The third-order valence-corrected chi connectivity index (χ3v) is 2.41. The molecule has 6 heteroatoms. The molecule has 1 aromatic carbocycles. The van der Waals surface area contributed by atoms with Crippen LogP contribution in [0.4, 0.5) is 16.4 Å². The first-order chi connectivity index (χ1) is 8.58. The van der Waals surface area contributed by atoms with Crippen molar-refractivity contribution in [2.24, 2.45) is 0 Å². The van der Waals surface area contributed by atoms with E-state index >= 15 is 0 Å². The van der Waals surface area contributed by atoms with Gasteiger partial charge >= 0.3 is 6.09 Å². The van der Waals surface area contributed by atoms with Gasteiger partial charge in [0.2, 0.25) is 5.95 Å². The van der Waals surface area contributed by atoms with Crippen molar-refractivity contribution in [2.75, 3.05) is 4.90 Å². The Hall–Kier alpha value is -2.14. The van der Waals surface area contributed by atoms with Crippen LogP contribution in [-0.4, -0.2) is 21.2 Å². The summed E-state index contributed by atoms with van der Waals surface area (Å²) in [7, 11) is 0. The van der Waals surface area contributed by atoms with Crippen molar-refractivity contribution in [3.05, 3.63) is 47.2 Å². The monoisotopic (exact) mass is 263 g/mol. The Balaban J connectivity index is 2.52. The standard InChI is InChI=1S/C12H10ClN3O2/c1-8-7-10(13)15-11(14-8)16(12(17)18)9-5-3-2-4-6-9/h2-7H,1H3,(H,17,18). The van der Waals surface area contributed by atoms with E-state index in [1.165, 1.54) is 0 Å². The van der Waals surface area contributed by atoms with Gasteiger partial charge in [0.05, 0.1) is 5.69 Å². The van der Waals surface area contributed by atoms with Crippen LogP contribution in [0.3, 0.4) is 0 Å². The Morgan fingerprint density at radius 2 is 1.94 bits per heavy atom. The number of nitrogens with zero attached hydrogens (tertiary/aromatic N) is 3. The van der Waals surface area contributed by atoms with Gasteiger partial charge in [-0.3, -0.25) is 0 Å². The lowest BCUT2D eigenvalue weighted by Crippen LogP contribution is -2.25. The van der Waals surface area contributed by atoms with E-state index in [-0.39, 0.29) is 11.1 Å². The fourth-order valence-corrected chi connectivity index (χ4v) is 1.74. The summed E-state index contributed by atoms with van der Waals surface area (Å²) in [6.07, 6.45) is -1.16. The minimum absolute atomic E-state index is 0.0405. The molecule has 1 heterocycles. The predicted molar refractivity (Wildman–Crippen MR) is 68.4 cm³/mol. The molecule has 2 aromatic rings. The fraction of sp³-hybridized carbons (Fsp3) is 0.0833. The van der Waals surface area contributed by atoms with Crippen molar-refractivity contribution in [1.82, 2.24) is 9.97 Å². The first-order valence-corrected chi connectivity index (χ1v) is 5.55. The molecule has 0 atom stereocenters. The maximum atomic E-state index is 11.3. The topological polar surface area (TPSA) is 66.3 Å². The average molecular weight is 264 g/mol. The molecule has 1 aromatic heterocycles. The van der Waals surface area contributed by atoms with Gasteiger partial charge in [-0.2, -0.15) is 0 Å². The Morgan fingerprint density at radius 3 is 2.50 bits per heavy atom. The Kier molecular flexibility index (Phi) is 3.43. The zero-order valence-electron chi connectivity index (χ0n) is 9.54. The molecule has 5 nitrogen and oxygen atoms in total. The minimum atomic E-state index is -1.16. The number of hydrogen-bond donors (Lipinski definition) is 1. The molecule has 1 amide bonds. The van der Waals surface area contributed by atoms with Gasteiger partial charge in [-0.1, -0.05) is 29.8 Å². The molecular weight excluding hydrogens is 254 g/mol. The SMILES string of the molecule is Cc1cc(Cl)nc(N(C(=O)O)c2ccccc2)n1. The van der Waals surface area contributed by atoms with E-state index in [1.807, 2.05) is 0 Å². The molecule has 92 valence electrons. The zero-order valence-corrected chi connectivity index (χ0v) is 10.3. The smallest absolute Gasteiger partial charge is 0.418 e. The molecule has 0 radical (unpaired) electrons. The quantitative estimate of drug-likeness (QED) is 0.845. The largest absolute Gasteiger partial charge is 0.464 e. The maximum absolute atomic E-state index is 11.3. The summed E-state index contributed by atoms with van der Waals surface area (Å²) in [4.78, 5) is 20.3. The fourth-order valence-electron chi connectivity index (χ4n) is 1.50. The van der Waals surface area contributed by atoms with Crippen LogP contribution < -0.4 is 4.90 Å². The summed E-state index contributed by atoms with van der Waals surface area (Å²) < 4.78 is 0. The minimum Gasteiger partial charge on any atom is -0.464 e. The van der Waals surface area contributed by atoms with Crippen LogP contribution in [0.25, 0.3) is 0 Å². The second kappa shape index (κ2) is 5.01. The predicted octanol–water partition coefficient (Wildman–Crippen LogP) is 3.25. The van der Waals surface area contributed by atoms with Crippen molar-refractivity contribution in [1.29, 1.82) is 0 Å². The normalized spacial score (nSPS) is 10.1. The summed E-state index contributed by atoms with van der Waals surface area (Å²) in [5.74, 6) is 0.0405. The zero-order chi connectivity index (χ0) is 13.1. The van der Waals surface area contributed by atoms with E-state index < -0.39 is 6.09 Å². The molecule has 0 aliphatic rings. The molecule has 0 fully saturated rings. The van der Waals surface area contributed by atoms with Gasteiger partial charge in [0.15, 0.2) is 0 Å². The van der Waals surface area contributed by atoms with E-state index in [0.29, 0.717) is 11.4 Å². The van der Waals surface area contributed by atoms with E-state index in [2.05, 4.69) is 9.97 Å². The van der Waals surface area contributed by atoms with Gasteiger partial charge in [0.25, 0.3) is 0 Å². The van der Waals surface area contributed by atoms with E-state index in [0.717, 1.165) is 4.90 Å². The van der Waals surface area contributed by atoms with Crippen LogP contribution in [-0.2, 0) is 0 Å². The van der Waals surface area contributed by atoms with Crippen molar-refractivity contribution >= 4 is 29.3 Å². The number of hydrogen-bond acceptors (Lipinski definition) is 3. The number of halogens is 1. The van der Waals surface area contributed by atoms with Gasteiger partial charge in [0.1, 0.15) is 5.15 Å². The van der Waals surface area contributed by atoms with Crippen LogP contribution in [0.15, 0.2) is 36.4 Å². The highest BCUT2D eigenvalue weighted by Gasteiger charge is 2.20. The summed E-state index contributed by atoms with van der Waals surface area (Å²) in [6, 6.07) is 10.2. The third kappa shape index (κ3) is 2.57. The summed E-state index contributed by atoms with van der Waals surface area (Å²) in [5.41, 5.74) is 1.07. The number of anilines is 2. The number of aryl methyl sites for hydroxylation is 1. The lowest BCUT2D eigenvalue weighted by atomic mass is 10.3. The summed E-state index contributed by atoms with van der Waals surface area (Å²) in [6.45, 7) is 1.72. The highest BCUT2D eigenvalue weighted by molar-refractivity contribution is 6.29. The highest BCUT2D eigenvalue weighted by Crippen LogP contribution is 2.23. The van der Waals surface area contributed by atoms with Gasteiger partial charge in [-0.15, -0.1) is 0 Å². The van der Waals surface area contributed by atoms with E-state index in [9.17, 15) is 9.90 Å². The number of carboxylic acid groups (broad SMARTS) is 1. The van der Waals surface area contributed by atoms with Crippen molar-refractivity contribution in [3.8, 4) is 0 Å². The van der Waals surface area contributed by atoms with Gasteiger partial charge in [0, 0.05) is 5.69 Å². The number of para-hydroxylation sites is 1. The molecule has 0 aliphatic heterocycles. The molecule has 0 saturated heterocycles. The van der Waals surface area contributed by atoms with Crippen molar-refractivity contribution in [2.45, 2.75) is 6.92 Å². The number of carbonyl (C=O) groups is 1. The first-order valence-electron chi connectivity index (χ1n) is 5.17.